The van der Waals surface area contributed by atoms with Crippen LogP contribution in [-0.4, -0.2) is 22.3 Å². The SMILES string of the molecule is CC(CCS(C)=O)NC(C)c1ccc(F)c(Cl)c1. The molecule has 0 bridgehead atoms. The monoisotopic (exact) mass is 291 g/mol. The molecule has 1 aromatic rings. The molecule has 0 heterocycles. The zero-order valence-corrected chi connectivity index (χ0v) is 12.4. The van der Waals surface area contributed by atoms with E-state index in [1.807, 2.05) is 6.92 Å². The maximum Gasteiger partial charge on any atom is 0.141 e. The van der Waals surface area contributed by atoms with Gasteiger partial charge in [-0.3, -0.25) is 4.21 Å². The lowest BCUT2D eigenvalue weighted by molar-refractivity contribution is 0.470. The maximum atomic E-state index is 13.0. The third-order valence-corrected chi connectivity index (χ3v) is 3.92. The highest BCUT2D eigenvalue weighted by molar-refractivity contribution is 7.84. The third kappa shape index (κ3) is 5.04. The van der Waals surface area contributed by atoms with E-state index in [1.54, 1.807) is 18.4 Å². The first-order valence-electron chi connectivity index (χ1n) is 5.91. The summed E-state index contributed by atoms with van der Waals surface area (Å²) < 4.78 is 24.1. The second-order valence-corrected chi connectivity index (χ2v) is 6.49. The average Bonchev–Trinajstić information content (AvgIpc) is 2.30. The van der Waals surface area contributed by atoms with Crippen LogP contribution in [-0.2, 0) is 10.8 Å². The summed E-state index contributed by atoms with van der Waals surface area (Å²) in [7, 11) is -0.763. The molecule has 3 atom stereocenters. The fourth-order valence-corrected chi connectivity index (χ4v) is 2.61. The van der Waals surface area contributed by atoms with Crippen molar-refractivity contribution in [1.29, 1.82) is 0 Å². The predicted molar refractivity (Wildman–Crippen MR) is 76.0 cm³/mol. The van der Waals surface area contributed by atoms with Crippen molar-refractivity contribution in [3.05, 3.63) is 34.6 Å². The van der Waals surface area contributed by atoms with Crippen molar-refractivity contribution in [3.8, 4) is 0 Å². The second-order valence-electron chi connectivity index (χ2n) is 4.53. The van der Waals surface area contributed by atoms with Gasteiger partial charge in [-0.2, -0.15) is 0 Å². The Hall–Kier alpha value is -0.450. The van der Waals surface area contributed by atoms with Crippen molar-refractivity contribution in [2.45, 2.75) is 32.4 Å². The smallest absolute Gasteiger partial charge is 0.141 e. The number of halogens is 2. The number of nitrogens with one attached hydrogen (secondary N) is 1. The normalized spacial score (nSPS) is 16.3. The molecule has 0 aromatic heterocycles. The molecule has 102 valence electrons. The van der Waals surface area contributed by atoms with Crippen molar-refractivity contribution >= 4 is 22.4 Å². The van der Waals surface area contributed by atoms with Crippen LogP contribution in [0.25, 0.3) is 0 Å². The van der Waals surface area contributed by atoms with Gasteiger partial charge in [-0.25, -0.2) is 4.39 Å². The summed E-state index contributed by atoms with van der Waals surface area (Å²) in [5.41, 5.74) is 0.950. The molecule has 1 rings (SSSR count). The van der Waals surface area contributed by atoms with Crippen LogP contribution in [0, 0.1) is 5.82 Å². The van der Waals surface area contributed by atoms with E-state index in [0.29, 0.717) is 5.75 Å². The number of benzene rings is 1. The van der Waals surface area contributed by atoms with Crippen LogP contribution in [0.4, 0.5) is 4.39 Å². The highest BCUT2D eigenvalue weighted by Crippen LogP contribution is 2.21. The molecular formula is C13H19ClFNOS. The lowest BCUT2D eigenvalue weighted by atomic mass is 10.1. The quantitative estimate of drug-likeness (QED) is 0.871. The van der Waals surface area contributed by atoms with Crippen molar-refractivity contribution in [2.24, 2.45) is 0 Å². The van der Waals surface area contributed by atoms with Crippen molar-refractivity contribution < 1.29 is 8.60 Å². The van der Waals surface area contributed by atoms with Crippen LogP contribution >= 0.6 is 11.6 Å². The zero-order chi connectivity index (χ0) is 13.7. The first-order chi connectivity index (χ1) is 8.40. The van der Waals surface area contributed by atoms with E-state index in [4.69, 9.17) is 11.6 Å². The predicted octanol–water partition coefficient (Wildman–Crippen LogP) is 3.29. The molecule has 1 aromatic carbocycles. The maximum absolute atomic E-state index is 13.0. The van der Waals surface area contributed by atoms with Gasteiger partial charge in [-0.1, -0.05) is 17.7 Å². The van der Waals surface area contributed by atoms with Gasteiger partial charge in [0.2, 0.25) is 0 Å². The van der Waals surface area contributed by atoms with Crippen LogP contribution in [0.1, 0.15) is 31.9 Å². The van der Waals surface area contributed by atoms with Gasteiger partial charge in [0, 0.05) is 34.9 Å². The zero-order valence-electron chi connectivity index (χ0n) is 10.9. The first kappa shape index (κ1) is 15.6. The summed E-state index contributed by atoms with van der Waals surface area (Å²) in [6.45, 7) is 4.05. The Bertz CT molecular complexity index is 427. The molecule has 0 fully saturated rings. The van der Waals surface area contributed by atoms with Crippen LogP contribution < -0.4 is 5.32 Å². The van der Waals surface area contributed by atoms with E-state index in [9.17, 15) is 8.60 Å². The van der Waals surface area contributed by atoms with E-state index in [1.165, 1.54) is 6.07 Å². The molecule has 0 spiro atoms. The summed E-state index contributed by atoms with van der Waals surface area (Å²) >= 11 is 5.75. The molecule has 5 heteroatoms. The molecular weight excluding hydrogens is 273 g/mol. The minimum Gasteiger partial charge on any atom is -0.308 e. The fourth-order valence-electron chi connectivity index (χ4n) is 1.73. The fraction of sp³-hybridized carbons (Fsp3) is 0.538. The molecule has 3 unspecified atom stereocenters. The molecule has 0 saturated carbocycles. The number of hydrogen-bond donors (Lipinski definition) is 1. The van der Waals surface area contributed by atoms with E-state index >= 15 is 0 Å². The van der Waals surface area contributed by atoms with Gasteiger partial charge in [0.15, 0.2) is 0 Å². The van der Waals surface area contributed by atoms with E-state index in [0.717, 1.165) is 12.0 Å². The molecule has 0 aliphatic carbocycles. The van der Waals surface area contributed by atoms with Gasteiger partial charge in [-0.15, -0.1) is 0 Å². The minimum atomic E-state index is -0.763. The van der Waals surface area contributed by atoms with Crippen LogP contribution in [0.5, 0.6) is 0 Å². The van der Waals surface area contributed by atoms with E-state index in [-0.39, 0.29) is 17.1 Å². The number of rotatable bonds is 6. The highest BCUT2D eigenvalue weighted by Gasteiger charge is 2.11. The topological polar surface area (TPSA) is 29.1 Å². The minimum absolute atomic E-state index is 0.0865. The summed E-state index contributed by atoms with van der Waals surface area (Å²) in [5, 5.41) is 3.52. The Labute approximate surface area is 115 Å². The Morgan fingerprint density at radius 1 is 1.44 bits per heavy atom. The van der Waals surface area contributed by atoms with Crippen LogP contribution in [0.2, 0.25) is 5.02 Å². The van der Waals surface area contributed by atoms with Gasteiger partial charge in [-0.05, 0) is 38.0 Å². The van der Waals surface area contributed by atoms with Gasteiger partial charge in [0.1, 0.15) is 5.82 Å². The highest BCUT2D eigenvalue weighted by atomic mass is 35.5. The van der Waals surface area contributed by atoms with Crippen molar-refractivity contribution in [2.75, 3.05) is 12.0 Å². The van der Waals surface area contributed by atoms with E-state index < -0.39 is 16.6 Å². The van der Waals surface area contributed by atoms with Gasteiger partial charge in [0.05, 0.1) is 5.02 Å². The number of hydrogen-bond acceptors (Lipinski definition) is 2. The van der Waals surface area contributed by atoms with E-state index in [2.05, 4.69) is 12.2 Å². The van der Waals surface area contributed by atoms with Gasteiger partial charge >= 0.3 is 0 Å². The lowest BCUT2D eigenvalue weighted by Crippen LogP contribution is -2.30. The molecule has 0 radical (unpaired) electrons. The Balaban J connectivity index is 2.56. The van der Waals surface area contributed by atoms with Crippen molar-refractivity contribution in [1.82, 2.24) is 5.32 Å². The Morgan fingerprint density at radius 2 is 2.11 bits per heavy atom. The first-order valence-corrected chi connectivity index (χ1v) is 8.01. The molecule has 0 aliphatic rings. The van der Waals surface area contributed by atoms with Crippen LogP contribution in [0.3, 0.4) is 0 Å². The largest absolute Gasteiger partial charge is 0.308 e. The summed E-state index contributed by atoms with van der Waals surface area (Å²) in [6.07, 6.45) is 2.55. The summed E-state index contributed by atoms with van der Waals surface area (Å²) in [6, 6.07) is 5.08. The Kier molecular flexibility index (Phi) is 6.26. The second kappa shape index (κ2) is 7.22. The van der Waals surface area contributed by atoms with Gasteiger partial charge in [0.25, 0.3) is 0 Å². The Morgan fingerprint density at radius 3 is 2.67 bits per heavy atom. The lowest BCUT2D eigenvalue weighted by Gasteiger charge is -2.20. The molecule has 0 aliphatic heterocycles. The molecule has 1 N–H and O–H groups in total. The van der Waals surface area contributed by atoms with Crippen molar-refractivity contribution in [3.63, 3.8) is 0 Å². The van der Waals surface area contributed by atoms with Gasteiger partial charge < -0.3 is 5.32 Å². The van der Waals surface area contributed by atoms with Crippen LogP contribution in [0.15, 0.2) is 18.2 Å². The summed E-state index contributed by atoms with van der Waals surface area (Å²) in [4.78, 5) is 0. The third-order valence-electron chi connectivity index (χ3n) is 2.82. The summed E-state index contributed by atoms with van der Waals surface area (Å²) in [5.74, 6) is 0.285. The molecule has 0 amide bonds. The molecule has 18 heavy (non-hydrogen) atoms. The molecule has 2 nitrogen and oxygen atoms in total. The average molecular weight is 292 g/mol. The standard InChI is InChI=1S/C13H19ClFNOS/c1-9(6-7-18(3)17)16-10(2)11-4-5-13(15)12(14)8-11/h4-5,8-10,16H,6-7H2,1-3H3. The molecule has 0 saturated heterocycles.